The number of hydrogen-bond donors (Lipinski definition) is 2. The molecule has 1 aromatic heterocycles. The summed E-state index contributed by atoms with van der Waals surface area (Å²) in [5, 5.41) is 19.7. The lowest BCUT2D eigenvalue weighted by Gasteiger charge is -2.37. The molecule has 2 aliphatic heterocycles. The molecule has 1 fully saturated rings. The lowest BCUT2D eigenvalue weighted by Crippen LogP contribution is -2.36. The molecule has 3 heterocycles. The minimum absolute atomic E-state index is 0.0892. The van der Waals surface area contributed by atoms with Gasteiger partial charge in [-0.3, -0.25) is 0 Å². The Bertz CT molecular complexity index is 752. The van der Waals surface area contributed by atoms with Gasteiger partial charge in [-0.1, -0.05) is 33.3 Å². The Morgan fingerprint density at radius 1 is 1.41 bits per heavy atom. The third kappa shape index (κ3) is 5.00. The summed E-state index contributed by atoms with van der Waals surface area (Å²) >= 11 is 1.70. The molecule has 1 aromatic rings. The molecule has 0 bridgehead atoms. The number of thioether (sulfide) groups is 1. The van der Waals surface area contributed by atoms with Crippen LogP contribution < -0.4 is 0 Å². The summed E-state index contributed by atoms with van der Waals surface area (Å²) in [6, 6.07) is 6.12. The first-order valence-corrected chi connectivity index (χ1v) is 11.3. The minimum atomic E-state index is -0.993. The summed E-state index contributed by atoms with van der Waals surface area (Å²) in [5.41, 5.74) is 3.05. The van der Waals surface area contributed by atoms with Crippen molar-refractivity contribution >= 4 is 26.6 Å². The van der Waals surface area contributed by atoms with Crippen LogP contribution >= 0.6 is 20.3 Å². The molecule has 0 aromatic carbocycles. The van der Waals surface area contributed by atoms with Crippen molar-refractivity contribution in [2.75, 3.05) is 26.3 Å². The predicted molar refractivity (Wildman–Crippen MR) is 114 cm³/mol. The number of nitrogens with one attached hydrogen (secondary N) is 1. The first kappa shape index (κ1) is 20.5. The molecule has 0 saturated carbocycles. The highest BCUT2D eigenvalue weighted by Gasteiger charge is 2.32. The molecule has 2 aliphatic rings. The summed E-state index contributed by atoms with van der Waals surface area (Å²) in [6.45, 7) is 8.92. The number of aliphatic hydroxyl groups is 1. The van der Waals surface area contributed by atoms with Gasteiger partial charge in [0.1, 0.15) is 0 Å². The van der Waals surface area contributed by atoms with Gasteiger partial charge in [0.25, 0.3) is 0 Å². The maximum absolute atomic E-state index is 10.8. The Morgan fingerprint density at radius 2 is 2.15 bits per heavy atom. The number of pyridine rings is 1. The van der Waals surface area contributed by atoms with Gasteiger partial charge in [0, 0.05) is 30.4 Å². The van der Waals surface area contributed by atoms with E-state index in [4.69, 9.17) is 15.1 Å². The Hall–Kier alpha value is -1.20. The molecule has 3 rings (SSSR count). The number of nitrogens with zero attached hydrogens (tertiary/aromatic N) is 2. The number of rotatable bonds is 6. The minimum Gasteiger partial charge on any atom is -0.386 e. The zero-order valence-corrected chi connectivity index (χ0v) is 18.0. The molecule has 0 radical (unpaired) electrons. The molecule has 0 aliphatic carbocycles. The highest BCUT2D eigenvalue weighted by atomic mass is 32.2. The molecule has 1 saturated heterocycles. The van der Waals surface area contributed by atoms with Gasteiger partial charge in [0.15, 0.2) is 0 Å². The number of morpholine rings is 1. The smallest absolute Gasteiger partial charge is 0.0972 e. The molecule has 2 unspecified atom stereocenters. The van der Waals surface area contributed by atoms with Crippen molar-refractivity contribution in [1.29, 1.82) is 5.41 Å². The Balaban J connectivity index is 1.95. The van der Waals surface area contributed by atoms with Crippen molar-refractivity contribution in [3.05, 3.63) is 46.6 Å². The third-order valence-electron chi connectivity index (χ3n) is 4.70. The number of hydrogen-bond acceptors (Lipinski definition) is 6. The van der Waals surface area contributed by atoms with Crippen LogP contribution in [0.3, 0.4) is 0 Å². The molecular weight excluding hydrogens is 377 g/mol. The lowest BCUT2D eigenvalue weighted by molar-refractivity contribution is 0.0571. The van der Waals surface area contributed by atoms with Crippen LogP contribution in [0.25, 0.3) is 0 Å². The lowest BCUT2D eigenvalue weighted by atomic mass is 9.93. The van der Waals surface area contributed by atoms with Crippen LogP contribution in [0.2, 0.25) is 0 Å². The SMILES string of the molecule is CCc1cccc(SC2PC(N3CCOCC3)=CC(C(C)(C)O)=C2C=N)n1. The maximum Gasteiger partial charge on any atom is 0.0972 e. The van der Waals surface area contributed by atoms with E-state index in [1.54, 1.807) is 25.6 Å². The first-order valence-electron chi connectivity index (χ1n) is 9.33. The van der Waals surface area contributed by atoms with Crippen LogP contribution in [0.1, 0.15) is 26.5 Å². The summed E-state index contributed by atoms with van der Waals surface area (Å²) < 4.78 is 5.50. The van der Waals surface area contributed by atoms with Crippen molar-refractivity contribution in [2.45, 2.75) is 42.8 Å². The average molecular weight is 406 g/mol. The fourth-order valence-electron chi connectivity index (χ4n) is 3.22. The van der Waals surface area contributed by atoms with E-state index in [0.717, 1.165) is 54.6 Å². The third-order valence-corrected chi connectivity index (χ3v) is 7.70. The first-order chi connectivity index (χ1) is 12.9. The summed E-state index contributed by atoms with van der Waals surface area (Å²) in [6.07, 6.45) is 4.41. The van der Waals surface area contributed by atoms with Crippen molar-refractivity contribution in [1.82, 2.24) is 9.88 Å². The van der Waals surface area contributed by atoms with Crippen LogP contribution in [-0.2, 0) is 11.2 Å². The van der Waals surface area contributed by atoms with Gasteiger partial charge >= 0.3 is 0 Å². The van der Waals surface area contributed by atoms with Crippen molar-refractivity contribution < 1.29 is 9.84 Å². The maximum atomic E-state index is 10.8. The second-order valence-electron chi connectivity index (χ2n) is 7.16. The van der Waals surface area contributed by atoms with E-state index in [9.17, 15) is 5.11 Å². The van der Waals surface area contributed by atoms with Gasteiger partial charge in [0.05, 0.1) is 28.8 Å². The van der Waals surface area contributed by atoms with E-state index in [1.165, 1.54) is 11.7 Å². The molecule has 2 atom stereocenters. The molecule has 2 N–H and O–H groups in total. The highest BCUT2D eigenvalue weighted by Crippen LogP contribution is 2.50. The van der Waals surface area contributed by atoms with Crippen molar-refractivity contribution in [3.8, 4) is 0 Å². The van der Waals surface area contributed by atoms with Gasteiger partial charge in [0.2, 0.25) is 0 Å². The van der Waals surface area contributed by atoms with E-state index in [2.05, 4.69) is 17.9 Å². The molecule has 146 valence electrons. The molecule has 7 heteroatoms. The second kappa shape index (κ2) is 8.87. The van der Waals surface area contributed by atoms with Crippen molar-refractivity contribution in [3.63, 3.8) is 0 Å². The fourth-order valence-corrected chi connectivity index (χ4v) is 6.37. The van der Waals surface area contributed by atoms with Crippen LogP contribution in [-0.4, -0.2) is 58.1 Å². The zero-order valence-electron chi connectivity index (χ0n) is 16.2. The number of aryl methyl sites for hydroxylation is 1. The normalized spacial score (nSPS) is 22.1. The standard InChI is InChI=1S/C20H28N3O2PS/c1-4-14-6-5-7-17(22-14)27-19-15(13-21)16(20(2,3)24)12-18(26-19)23-8-10-25-11-9-23/h5-7,12-13,19,21,24,26H,4,8-11H2,1-3H3. The summed E-state index contributed by atoms with van der Waals surface area (Å²) in [7, 11) is 0.524. The highest BCUT2D eigenvalue weighted by molar-refractivity contribution is 8.04. The van der Waals surface area contributed by atoms with E-state index in [1.807, 2.05) is 18.2 Å². The van der Waals surface area contributed by atoms with Crippen LogP contribution in [0.15, 0.2) is 45.9 Å². The number of ether oxygens (including phenoxy) is 1. The molecule has 5 nitrogen and oxygen atoms in total. The summed E-state index contributed by atoms with van der Waals surface area (Å²) in [4.78, 5) is 7.18. The van der Waals surface area contributed by atoms with Crippen LogP contribution in [0.4, 0.5) is 0 Å². The fraction of sp³-hybridized carbons (Fsp3) is 0.500. The molecular formula is C20H28N3O2PS. The van der Waals surface area contributed by atoms with E-state index in [0.29, 0.717) is 8.58 Å². The van der Waals surface area contributed by atoms with E-state index < -0.39 is 5.60 Å². The topological polar surface area (TPSA) is 69.4 Å². The van der Waals surface area contributed by atoms with Gasteiger partial charge in [-0.25, -0.2) is 4.98 Å². The van der Waals surface area contributed by atoms with Gasteiger partial charge in [-0.15, -0.1) is 0 Å². The summed E-state index contributed by atoms with van der Waals surface area (Å²) in [5.74, 6) is 0. The second-order valence-corrected chi connectivity index (χ2v) is 10.1. The quantitative estimate of drug-likeness (QED) is 0.559. The van der Waals surface area contributed by atoms with Crippen molar-refractivity contribution in [2.24, 2.45) is 0 Å². The van der Waals surface area contributed by atoms with Crippen LogP contribution in [0.5, 0.6) is 0 Å². The van der Waals surface area contributed by atoms with Gasteiger partial charge in [-0.2, -0.15) is 0 Å². The van der Waals surface area contributed by atoms with Gasteiger partial charge in [-0.05, 0) is 49.6 Å². The number of aromatic nitrogens is 1. The molecule has 0 spiro atoms. The largest absolute Gasteiger partial charge is 0.386 e. The predicted octanol–water partition coefficient (Wildman–Crippen LogP) is 3.64. The van der Waals surface area contributed by atoms with E-state index >= 15 is 0 Å². The van der Waals surface area contributed by atoms with Gasteiger partial charge < -0.3 is 20.2 Å². The molecule has 27 heavy (non-hydrogen) atoms. The molecule has 0 amide bonds. The van der Waals surface area contributed by atoms with E-state index in [-0.39, 0.29) is 4.99 Å². The monoisotopic (exact) mass is 405 g/mol. The Kier molecular flexibility index (Phi) is 6.74. The Morgan fingerprint density at radius 3 is 2.78 bits per heavy atom. The van der Waals surface area contributed by atoms with Crippen LogP contribution in [0, 0.1) is 5.41 Å². The Labute approximate surface area is 167 Å². The zero-order chi connectivity index (χ0) is 19.4. The average Bonchev–Trinajstić information content (AvgIpc) is 2.67.